The molecule has 3 aromatic carbocycles. The maximum Gasteiger partial charge on any atom is 0.326 e. The van der Waals surface area contributed by atoms with Gasteiger partial charge in [-0.15, -0.1) is 0 Å². The van der Waals surface area contributed by atoms with Crippen LogP contribution >= 0.6 is 0 Å². The molecule has 17 heteroatoms. The first-order valence-corrected chi connectivity index (χ1v) is 20.7. The van der Waals surface area contributed by atoms with Gasteiger partial charge in [0, 0.05) is 36.7 Å². The highest BCUT2D eigenvalue weighted by atomic mass is 16.5. The molecule has 4 aromatic rings. The zero-order valence-corrected chi connectivity index (χ0v) is 35.7. The van der Waals surface area contributed by atoms with Crippen molar-refractivity contribution in [3.05, 3.63) is 88.7 Å². The fraction of sp³-hybridized carbons (Fsp3) is 0.400. The normalized spacial score (nSPS) is 16.9. The van der Waals surface area contributed by atoms with E-state index >= 15 is 0 Å². The van der Waals surface area contributed by atoms with E-state index in [4.69, 9.17) is 20.9 Å². The van der Waals surface area contributed by atoms with E-state index in [9.17, 15) is 34.2 Å². The summed E-state index contributed by atoms with van der Waals surface area (Å²) in [6.45, 7) is 7.75. The number of carbonyl (C=O) groups excluding carboxylic acids is 4. The number of likely N-dealkylation sites (N-methyl/N-ethyl adjacent to an activating group) is 1. The molecule has 0 saturated carbocycles. The van der Waals surface area contributed by atoms with E-state index in [1.807, 2.05) is 24.3 Å². The van der Waals surface area contributed by atoms with Crippen LogP contribution in [0.2, 0.25) is 0 Å². The number of aromatic nitrogens is 2. The maximum absolute atomic E-state index is 14.5. The molecule has 0 radical (unpaired) electrons. The van der Waals surface area contributed by atoms with E-state index in [-0.39, 0.29) is 55.0 Å². The molecule has 1 aliphatic rings. The number of carboxylic acids is 1. The Balaban J connectivity index is 1.48. The Morgan fingerprint density at radius 3 is 2.26 bits per heavy atom. The molecule has 4 atom stereocenters. The van der Waals surface area contributed by atoms with Gasteiger partial charge in [-0.2, -0.15) is 0 Å². The predicted octanol–water partition coefficient (Wildman–Crippen LogP) is 3.32. The van der Waals surface area contributed by atoms with Crippen molar-refractivity contribution in [3.63, 3.8) is 0 Å². The molecule has 0 fully saturated rings. The molecule has 0 spiro atoms. The first-order chi connectivity index (χ1) is 29.7. The smallest absolute Gasteiger partial charge is 0.326 e. The van der Waals surface area contributed by atoms with Crippen molar-refractivity contribution < 1.29 is 43.7 Å². The number of fused-ring (bicyclic) bond motifs is 5. The summed E-state index contributed by atoms with van der Waals surface area (Å²) in [6.07, 6.45) is 3.00. The van der Waals surface area contributed by atoms with Crippen LogP contribution in [0.3, 0.4) is 0 Å². The monoisotopic (exact) mass is 852 g/mol. The van der Waals surface area contributed by atoms with E-state index in [0.29, 0.717) is 40.7 Å². The second kappa shape index (κ2) is 21.3. The van der Waals surface area contributed by atoms with Crippen LogP contribution in [-0.4, -0.2) is 106 Å². The number of nitrogens with two attached hydrogens (primary N) is 2. The minimum Gasteiger partial charge on any atom is -0.507 e. The molecular formula is C45H56N8O9. The Kier molecular flexibility index (Phi) is 15.9. The summed E-state index contributed by atoms with van der Waals surface area (Å²) < 4.78 is 11.8. The van der Waals surface area contributed by atoms with E-state index < -0.39 is 53.8 Å². The molecule has 0 aliphatic carbocycles. The molecular weight excluding hydrogens is 797 g/mol. The van der Waals surface area contributed by atoms with Crippen molar-refractivity contribution in [1.29, 1.82) is 0 Å². The highest BCUT2D eigenvalue weighted by molar-refractivity contribution is 6.00. The number of ether oxygens (including phenoxy) is 2. The van der Waals surface area contributed by atoms with Gasteiger partial charge in [0.05, 0.1) is 23.6 Å². The van der Waals surface area contributed by atoms with Crippen LogP contribution in [0, 0.1) is 13.8 Å². The fourth-order valence-electron chi connectivity index (χ4n) is 7.23. The number of amides is 4. The first kappa shape index (κ1) is 46.5. The average molecular weight is 853 g/mol. The summed E-state index contributed by atoms with van der Waals surface area (Å²) in [5.41, 5.74) is 14.6. The zero-order chi connectivity index (χ0) is 45.1. The summed E-state index contributed by atoms with van der Waals surface area (Å²) in [5, 5.41) is 29.0. The Morgan fingerprint density at radius 2 is 1.61 bits per heavy atom. The third-order valence-electron chi connectivity index (χ3n) is 10.5. The molecule has 9 N–H and O–H groups in total. The Hall–Kier alpha value is -6.59. The lowest BCUT2D eigenvalue weighted by Gasteiger charge is -2.32. The van der Waals surface area contributed by atoms with E-state index in [1.54, 1.807) is 38.1 Å². The molecule has 0 saturated heterocycles. The van der Waals surface area contributed by atoms with Gasteiger partial charge in [-0.1, -0.05) is 31.9 Å². The topological polar surface area (TPSA) is 261 Å². The van der Waals surface area contributed by atoms with Gasteiger partial charge >= 0.3 is 5.97 Å². The van der Waals surface area contributed by atoms with E-state index in [0.717, 1.165) is 35.5 Å². The number of rotatable bonds is 16. The van der Waals surface area contributed by atoms with Crippen molar-refractivity contribution in [2.45, 2.75) is 84.0 Å². The largest absolute Gasteiger partial charge is 0.507 e. The molecule has 1 aliphatic heterocycles. The number of phenols is 1. The molecule has 2 heterocycles. The summed E-state index contributed by atoms with van der Waals surface area (Å²) in [6, 6.07) is 11.3. The van der Waals surface area contributed by atoms with Crippen LogP contribution in [0.5, 0.6) is 17.2 Å². The maximum atomic E-state index is 14.5. The van der Waals surface area contributed by atoms with Crippen LogP contribution < -0.4 is 36.9 Å². The van der Waals surface area contributed by atoms with Gasteiger partial charge in [0.2, 0.25) is 17.7 Å². The number of hydrogen-bond donors (Lipinski definition) is 7. The number of aromatic hydroxyl groups is 1. The SMILES string of the molecule is CCCCCOc1ccc(-c2nc(C)c(C(=O)NC(CCN)C(=O)N(C)[C@@H]3C(=O)N[C@@H](C)C(=O)N[C@H](C(=O)O)Cc4ccc(O)c(c4)-c4cc3ccc4OCCN)c(C)n2)cc1. The zero-order valence-electron chi connectivity index (χ0n) is 35.7. The highest BCUT2D eigenvalue weighted by Crippen LogP contribution is 2.39. The molecule has 330 valence electrons. The van der Waals surface area contributed by atoms with Crippen molar-refractivity contribution >= 4 is 29.6 Å². The lowest BCUT2D eigenvalue weighted by Crippen LogP contribution is -2.55. The molecule has 5 rings (SSSR count). The third kappa shape index (κ3) is 11.2. The van der Waals surface area contributed by atoms with Crippen LogP contribution in [0.15, 0.2) is 60.7 Å². The van der Waals surface area contributed by atoms with E-state index in [1.165, 1.54) is 26.1 Å². The molecule has 62 heavy (non-hydrogen) atoms. The number of unbranched alkanes of at least 4 members (excludes halogenated alkanes) is 2. The second-order valence-electron chi connectivity index (χ2n) is 15.2. The van der Waals surface area contributed by atoms with Crippen LogP contribution in [0.1, 0.15) is 78.4 Å². The lowest BCUT2D eigenvalue weighted by atomic mass is 9.93. The molecule has 4 bridgehead atoms. The number of phenolic OH excluding ortho intramolecular Hbond substituents is 1. The summed E-state index contributed by atoms with van der Waals surface area (Å²) >= 11 is 0. The molecule has 4 amide bonds. The van der Waals surface area contributed by atoms with Gasteiger partial charge in [-0.05, 0) is 99.8 Å². The van der Waals surface area contributed by atoms with E-state index in [2.05, 4.69) is 32.8 Å². The number of carboxylic acid groups (broad SMARTS) is 1. The number of benzene rings is 3. The second-order valence-corrected chi connectivity index (χ2v) is 15.2. The number of nitrogens with zero attached hydrogens (tertiary/aromatic N) is 3. The Bertz CT molecular complexity index is 2250. The van der Waals surface area contributed by atoms with Gasteiger partial charge in [-0.3, -0.25) is 19.2 Å². The van der Waals surface area contributed by atoms with Gasteiger partial charge in [0.1, 0.15) is 48.0 Å². The summed E-state index contributed by atoms with van der Waals surface area (Å²) in [4.78, 5) is 78.8. The molecule has 1 unspecified atom stereocenters. The standard InChI is InChI=1S/C45H56N8O9/c1-6-7-8-20-61-31-13-10-29(11-14-31)40-48-25(2)38(26(3)49-40)42(56)51-34(17-18-46)44(58)53(5)39-30-12-16-37(62-21-19-47)33(24-30)32-22-28(9-15-36(32)54)23-35(45(59)60)52-41(55)27(4)50-43(39)57/h9-16,22,24,27,34-35,39,54H,6-8,17-21,23,46-47H2,1-5H3,(H,50,57)(H,51,56)(H,52,55)(H,59,60)/t27-,34?,35-,39-/m0/s1. The predicted molar refractivity (Wildman–Crippen MR) is 231 cm³/mol. The minimum atomic E-state index is -1.43. The minimum absolute atomic E-state index is 0.0119. The first-order valence-electron chi connectivity index (χ1n) is 20.7. The number of aliphatic carboxylic acids is 1. The fourth-order valence-corrected chi connectivity index (χ4v) is 7.23. The van der Waals surface area contributed by atoms with Crippen molar-refractivity contribution in [3.8, 4) is 39.8 Å². The van der Waals surface area contributed by atoms with Crippen molar-refractivity contribution in [2.24, 2.45) is 11.5 Å². The van der Waals surface area contributed by atoms with Crippen LogP contribution in [0.4, 0.5) is 0 Å². The van der Waals surface area contributed by atoms with Crippen molar-refractivity contribution in [2.75, 3.05) is 33.4 Å². The van der Waals surface area contributed by atoms with Crippen LogP contribution in [-0.2, 0) is 25.6 Å². The number of nitrogens with one attached hydrogen (secondary N) is 3. The highest BCUT2D eigenvalue weighted by Gasteiger charge is 2.36. The number of aryl methyl sites for hydroxylation is 2. The third-order valence-corrected chi connectivity index (χ3v) is 10.5. The number of hydrogen-bond acceptors (Lipinski definition) is 12. The van der Waals surface area contributed by atoms with Gasteiger partial charge in [0.15, 0.2) is 5.82 Å². The Morgan fingerprint density at radius 1 is 0.903 bits per heavy atom. The molecule has 1 aromatic heterocycles. The van der Waals surface area contributed by atoms with Gasteiger partial charge in [0.25, 0.3) is 5.91 Å². The van der Waals surface area contributed by atoms with Crippen LogP contribution in [0.25, 0.3) is 22.5 Å². The average Bonchev–Trinajstić information content (AvgIpc) is 3.24. The van der Waals surface area contributed by atoms with Gasteiger partial charge in [-0.25, -0.2) is 14.8 Å². The summed E-state index contributed by atoms with van der Waals surface area (Å²) in [5.74, 6) is -2.96. The molecule has 17 nitrogen and oxygen atoms in total. The quantitative estimate of drug-likeness (QED) is 0.0800. The lowest BCUT2D eigenvalue weighted by molar-refractivity contribution is -0.143. The number of carbonyl (C=O) groups is 5. The summed E-state index contributed by atoms with van der Waals surface area (Å²) in [7, 11) is 1.38. The van der Waals surface area contributed by atoms with Crippen molar-refractivity contribution in [1.82, 2.24) is 30.8 Å². The Labute approximate surface area is 360 Å². The van der Waals surface area contributed by atoms with Gasteiger partial charge < -0.3 is 52.0 Å².